The highest BCUT2D eigenvalue weighted by Gasteiger charge is 2.16. The third-order valence-corrected chi connectivity index (χ3v) is 5.62. The zero-order chi connectivity index (χ0) is 21.7. The van der Waals surface area contributed by atoms with E-state index in [1.807, 2.05) is 6.92 Å². The minimum absolute atomic E-state index is 0.132. The van der Waals surface area contributed by atoms with Gasteiger partial charge in [0.15, 0.2) is 5.16 Å². The van der Waals surface area contributed by atoms with E-state index in [0.29, 0.717) is 32.9 Å². The summed E-state index contributed by atoms with van der Waals surface area (Å²) < 4.78 is 7.03. The summed E-state index contributed by atoms with van der Waals surface area (Å²) in [5.74, 6) is -0.0669. The van der Waals surface area contributed by atoms with Crippen molar-refractivity contribution in [3.8, 4) is 5.75 Å². The molecule has 0 saturated carbocycles. The number of halogens is 1. The van der Waals surface area contributed by atoms with E-state index < -0.39 is 0 Å². The zero-order valence-electron chi connectivity index (χ0n) is 16.6. The molecule has 2 amide bonds. The fourth-order valence-electron chi connectivity index (χ4n) is 2.63. The van der Waals surface area contributed by atoms with Gasteiger partial charge >= 0.3 is 0 Å². The van der Waals surface area contributed by atoms with Gasteiger partial charge in [0.2, 0.25) is 5.91 Å². The molecule has 0 saturated heterocycles. The molecule has 0 aliphatic rings. The number of nitrogens with zero attached hydrogens (tertiary/aromatic N) is 3. The van der Waals surface area contributed by atoms with Gasteiger partial charge in [0, 0.05) is 18.1 Å². The van der Waals surface area contributed by atoms with E-state index in [9.17, 15) is 9.59 Å². The Morgan fingerprint density at radius 3 is 2.67 bits per heavy atom. The van der Waals surface area contributed by atoms with Crippen LogP contribution in [0.3, 0.4) is 0 Å². The van der Waals surface area contributed by atoms with Gasteiger partial charge in [0.25, 0.3) is 5.91 Å². The lowest BCUT2D eigenvalue weighted by Crippen LogP contribution is -2.19. The van der Waals surface area contributed by atoms with Gasteiger partial charge in [-0.2, -0.15) is 0 Å². The minimum Gasteiger partial charge on any atom is -0.495 e. The van der Waals surface area contributed by atoms with E-state index in [1.165, 1.54) is 18.9 Å². The Bertz CT molecular complexity index is 1090. The van der Waals surface area contributed by atoms with Crippen LogP contribution in [-0.4, -0.2) is 39.4 Å². The fraction of sp³-hybridized carbons (Fsp3) is 0.200. The van der Waals surface area contributed by atoms with Crippen LogP contribution < -0.4 is 15.4 Å². The van der Waals surface area contributed by atoms with Crippen molar-refractivity contribution in [1.82, 2.24) is 14.8 Å². The Balaban J connectivity index is 1.73. The van der Waals surface area contributed by atoms with Crippen molar-refractivity contribution in [2.24, 2.45) is 7.05 Å². The van der Waals surface area contributed by atoms with Crippen molar-refractivity contribution < 1.29 is 14.3 Å². The molecule has 3 aromatic rings. The van der Waals surface area contributed by atoms with E-state index in [1.54, 1.807) is 54.3 Å². The van der Waals surface area contributed by atoms with Crippen LogP contribution in [0.15, 0.2) is 47.9 Å². The first kappa shape index (κ1) is 21.7. The number of thioether (sulfide) groups is 1. The summed E-state index contributed by atoms with van der Waals surface area (Å²) in [6, 6.07) is 10.2. The Kier molecular flexibility index (Phi) is 6.96. The van der Waals surface area contributed by atoms with Crippen LogP contribution in [0.5, 0.6) is 5.75 Å². The second-order valence-electron chi connectivity index (χ2n) is 6.36. The van der Waals surface area contributed by atoms with E-state index >= 15 is 0 Å². The summed E-state index contributed by atoms with van der Waals surface area (Å²) in [4.78, 5) is 25.3. The van der Waals surface area contributed by atoms with E-state index in [4.69, 9.17) is 16.3 Å². The van der Waals surface area contributed by atoms with Gasteiger partial charge in [-0.25, -0.2) is 0 Å². The smallest absolute Gasteiger partial charge is 0.257 e. The van der Waals surface area contributed by atoms with Crippen LogP contribution in [0, 0.1) is 6.92 Å². The monoisotopic (exact) mass is 445 g/mol. The van der Waals surface area contributed by atoms with Crippen LogP contribution in [0.25, 0.3) is 0 Å². The van der Waals surface area contributed by atoms with Gasteiger partial charge in [-0.15, -0.1) is 10.2 Å². The molecule has 0 spiro atoms. The molecule has 156 valence electrons. The number of hydrogen-bond donors (Lipinski definition) is 2. The number of para-hydroxylation sites is 1. The van der Waals surface area contributed by atoms with Crippen molar-refractivity contribution in [2.75, 3.05) is 23.5 Å². The van der Waals surface area contributed by atoms with E-state index in [2.05, 4.69) is 20.8 Å². The SMILES string of the molecule is COc1cc(Cl)c(C)cc1NC(=O)c1ccccc1NC(=O)CSc1nncn1C. The summed E-state index contributed by atoms with van der Waals surface area (Å²) in [5.41, 5.74) is 2.02. The highest BCUT2D eigenvalue weighted by atomic mass is 35.5. The number of aromatic nitrogens is 3. The Hall–Kier alpha value is -3.04. The third-order valence-electron chi connectivity index (χ3n) is 4.18. The molecule has 0 aliphatic carbocycles. The predicted octanol–water partition coefficient (Wildman–Crippen LogP) is 3.77. The van der Waals surface area contributed by atoms with Crippen LogP contribution in [0.4, 0.5) is 11.4 Å². The first-order chi connectivity index (χ1) is 14.4. The first-order valence-electron chi connectivity index (χ1n) is 8.90. The molecule has 0 aliphatic heterocycles. The van der Waals surface area contributed by atoms with Gasteiger partial charge in [-0.1, -0.05) is 35.5 Å². The number of carbonyl (C=O) groups is 2. The number of benzene rings is 2. The molecule has 8 nitrogen and oxygen atoms in total. The molecule has 0 radical (unpaired) electrons. The second-order valence-corrected chi connectivity index (χ2v) is 7.71. The molecule has 2 N–H and O–H groups in total. The molecular weight excluding hydrogens is 426 g/mol. The van der Waals surface area contributed by atoms with Gasteiger partial charge in [0.1, 0.15) is 12.1 Å². The highest BCUT2D eigenvalue weighted by molar-refractivity contribution is 7.99. The second kappa shape index (κ2) is 9.64. The molecular formula is C20H20ClN5O3S. The summed E-state index contributed by atoms with van der Waals surface area (Å²) in [7, 11) is 3.30. The van der Waals surface area contributed by atoms with E-state index in [-0.39, 0.29) is 17.6 Å². The summed E-state index contributed by atoms with van der Waals surface area (Å²) in [5, 5.41) is 14.5. The molecule has 0 fully saturated rings. The minimum atomic E-state index is -0.383. The lowest BCUT2D eigenvalue weighted by Gasteiger charge is -2.14. The Morgan fingerprint density at radius 1 is 1.20 bits per heavy atom. The number of ether oxygens (including phenoxy) is 1. The summed E-state index contributed by atoms with van der Waals surface area (Å²) >= 11 is 7.38. The predicted molar refractivity (Wildman–Crippen MR) is 117 cm³/mol. The normalized spacial score (nSPS) is 10.5. The van der Waals surface area contributed by atoms with Gasteiger partial charge < -0.3 is 19.9 Å². The molecule has 2 aromatic carbocycles. The van der Waals surface area contributed by atoms with Gasteiger partial charge in [-0.05, 0) is 30.7 Å². The highest BCUT2D eigenvalue weighted by Crippen LogP contribution is 2.31. The van der Waals surface area contributed by atoms with Gasteiger partial charge in [0.05, 0.1) is 29.8 Å². The number of nitrogens with one attached hydrogen (secondary N) is 2. The fourth-order valence-corrected chi connectivity index (χ4v) is 3.47. The average molecular weight is 446 g/mol. The number of methoxy groups -OCH3 is 1. The van der Waals surface area contributed by atoms with Crippen molar-refractivity contribution in [3.63, 3.8) is 0 Å². The number of amides is 2. The molecule has 0 atom stereocenters. The molecule has 1 heterocycles. The quantitative estimate of drug-likeness (QED) is 0.537. The molecule has 30 heavy (non-hydrogen) atoms. The third kappa shape index (κ3) is 5.11. The van der Waals surface area contributed by atoms with Crippen LogP contribution in [0.2, 0.25) is 5.02 Å². The number of carbonyl (C=O) groups excluding carboxylic acids is 2. The molecule has 1 aromatic heterocycles. The largest absolute Gasteiger partial charge is 0.495 e. The maximum Gasteiger partial charge on any atom is 0.257 e. The molecule has 10 heteroatoms. The van der Waals surface area contributed by atoms with Crippen molar-refractivity contribution in [1.29, 1.82) is 0 Å². The van der Waals surface area contributed by atoms with Gasteiger partial charge in [-0.3, -0.25) is 9.59 Å². The number of anilines is 2. The van der Waals surface area contributed by atoms with Crippen molar-refractivity contribution in [2.45, 2.75) is 12.1 Å². The van der Waals surface area contributed by atoms with E-state index in [0.717, 1.165) is 5.56 Å². The summed E-state index contributed by atoms with van der Waals surface area (Å²) in [6.07, 6.45) is 1.56. The maximum absolute atomic E-state index is 12.9. The van der Waals surface area contributed by atoms with Crippen LogP contribution in [-0.2, 0) is 11.8 Å². The van der Waals surface area contributed by atoms with Crippen molar-refractivity contribution in [3.05, 3.63) is 58.9 Å². The molecule has 0 bridgehead atoms. The average Bonchev–Trinajstić information content (AvgIpc) is 3.14. The lowest BCUT2D eigenvalue weighted by atomic mass is 10.1. The number of hydrogen-bond acceptors (Lipinski definition) is 6. The molecule has 3 rings (SSSR count). The maximum atomic E-state index is 12.9. The number of rotatable bonds is 7. The topological polar surface area (TPSA) is 98.1 Å². The summed E-state index contributed by atoms with van der Waals surface area (Å²) in [6.45, 7) is 1.83. The standard InChI is InChI=1S/C20H20ClN5O3S/c1-12-8-16(17(29-3)9-14(12)21)24-19(28)13-6-4-5-7-15(13)23-18(27)10-30-20-25-22-11-26(20)2/h4-9,11H,10H2,1-3H3,(H,23,27)(H,24,28). The Morgan fingerprint density at radius 2 is 1.97 bits per heavy atom. The first-order valence-corrected chi connectivity index (χ1v) is 10.3. The molecule has 0 unspecified atom stereocenters. The Labute approximate surface area is 183 Å². The number of aryl methyl sites for hydroxylation is 2. The van der Waals surface area contributed by atoms with Crippen LogP contribution >= 0.6 is 23.4 Å². The zero-order valence-corrected chi connectivity index (χ0v) is 18.2. The van der Waals surface area contributed by atoms with Crippen molar-refractivity contribution >= 4 is 46.6 Å². The lowest BCUT2D eigenvalue weighted by molar-refractivity contribution is -0.113. The van der Waals surface area contributed by atoms with Crippen LogP contribution in [0.1, 0.15) is 15.9 Å².